The van der Waals surface area contributed by atoms with Crippen LogP contribution in [0.15, 0.2) is 72.8 Å². The van der Waals surface area contributed by atoms with Crippen molar-refractivity contribution in [3.8, 4) is 0 Å². The van der Waals surface area contributed by atoms with Gasteiger partial charge in [-0.25, -0.2) is 8.42 Å². The van der Waals surface area contributed by atoms with Gasteiger partial charge in [-0.2, -0.15) is 13.2 Å². The van der Waals surface area contributed by atoms with E-state index in [1.165, 1.54) is 17.0 Å². The fourth-order valence-corrected chi connectivity index (χ4v) is 6.03. The Morgan fingerprint density at radius 3 is 2.23 bits per heavy atom. The molecule has 0 heterocycles. The maximum absolute atomic E-state index is 13.9. The minimum atomic E-state index is -4.66. The molecule has 0 saturated heterocycles. The third kappa shape index (κ3) is 10.1. The van der Waals surface area contributed by atoms with Crippen molar-refractivity contribution in [2.75, 3.05) is 17.1 Å². The van der Waals surface area contributed by atoms with E-state index in [0.717, 1.165) is 34.3 Å². The molecule has 0 aliphatic rings. The second-order valence-electron chi connectivity index (χ2n) is 10.6. The first-order chi connectivity index (χ1) is 20.6. The molecule has 0 aromatic heterocycles. The zero-order valence-corrected chi connectivity index (χ0v) is 26.8. The lowest BCUT2D eigenvalue weighted by molar-refractivity contribution is -0.141. The van der Waals surface area contributed by atoms with Crippen molar-refractivity contribution in [3.63, 3.8) is 0 Å². The monoisotopic (exact) mass is 671 g/mol. The summed E-state index contributed by atoms with van der Waals surface area (Å²) in [5.74, 6) is -0.850. The van der Waals surface area contributed by atoms with Gasteiger partial charge in [0.1, 0.15) is 6.04 Å². The van der Waals surface area contributed by atoms with Gasteiger partial charge in [0.05, 0.1) is 17.5 Å². The first-order valence-corrected chi connectivity index (χ1v) is 16.4. The number of rotatable bonds is 13. The minimum Gasteiger partial charge on any atom is -0.352 e. The summed E-state index contributed by atoms with van der Waals surface area (Å²) < 4.78 is 65.9. The lowest BCUT2D eigenvalue weighted by Gasteiger charge is -2.32. The Labute approximate surface area is 266 Å². The van der Waals surface area contributed by atoms with Crippen LogP contribution in [0.4, 0.5) is 18.9 Å². The Kier molecular flexibility index (Phi) is 12.1. The number of carbonyl (C=O) groups excluding carboxylic acids is 2. The van der Waals surface area contributed by atoms with Gasteiger partial charge in [0.15, 0.2) is 0 Å². The molecular formula is C31H34Cl2F3N3O4S. The van der Waals surface area contributed by atoms with Crippen LogP contribution in [0.25, 0.3) is 0 Å². The Bertz CT molecular complexity index is 1550. The number of anilines is 1. The van der Waals surface area contributed by atoms with Crippen molar-refractivity contribution in [1.29, 1.82) is 0 Å². The van der Waals surface area contributed by atoms with Crippen LogP contribution in [0, 0.1) is 0 Å². The van der Waals surface area contributed by atoms with E-state index in [4.69, 9.17) is 23.2 Å². The van der Waals surface area contributed by atoms with Gasteiger partial charge >= 0.3 is 6.18 Å². The first kappa shape index (κ1) is 35.2. The first-order valence-electron chi connectivity index (χ1n) is 13.8. The van der Waals surface area contributed by atoms with Crippen molar-refractivity contribution in [3.05, 3.63) is 99.5 Å². The lowest BCUT2D eigenvalue weighted by atomic mass is 10.0. The highest BCUT2D eigenvalue weighted by molar-refractivity contribution is 7.92. The van der Waals surface area contributed by atoms with Crippen LogP contribution in [0.2, 0.25) is 10.0 Å². The van der Waals surface area contributed by atoms with E-state index in [1.54, 1.807) is 26.0 Å². The maximum Gasteiger partial charge on any atom is 0.416 e. The summed E-state index contributed by atoms with van der Waals surface area (Å²) in [5, 5.41) is 3.57. The van der Waals surface area contributed by atoms with Crippen molar-refractivity contribution in [1.82, 2.24) is 10.2 Å². The number of nitrogens with one attached hydrogen (secondary N) is 1. The summed E-state index contributed by atoms with van der Waals surface area (Å²) in [6.07, 6.45) is -3.82. The van der Waals surface area contributed by atoms with E-state index in [-0.39, 0.29) is 50.0 Å². The van der Waals surface area contributed by atoms with E-state index < -0.39 is 33.7 Å². The third-order valence-electron chi connectivity index (χ3n) is 6.67. The van der Waals surface area contributed by atoms with Crippen LogP contribution in [0.5, 0.6) is 0 Å². The van der Waals surface area contributed by atoms with Crippen LogP contribution < -0.4 is 9.62 Å². The highest BCUT2D eigenvalue weighted by Crippen LogP contribution is 2.32. The summed E-state index contributed by atoms with van der Waals surface area (Å²) in [6, 6.07) is 16.8. The van der Waals surface area contributed by atoms with E-state index >= 15 is 0 Å². The molecule has 1 N–H and O–H groups in total. The number of alkyl halides is 3. The molecule has 0 fully saturated rings. The van der Waals surface area contributed by atoms with E-state index in [9.17, 15) is 31.2 Å². The Hall–Kier alpha value is -3.28. The fourth-order valence-electron chi connectivity index (χ4n) is 4.61. The Morgan fingerprint density at radius 1 is 0.955 bits per heavy atom. The van der Waals surface area contributed by atoms with Gasteiger partial charge in [-0.05, 0) is 61.7 Å². The molecule has 3 rings (SSSR count). The van der Waals surface area contributed by atoms with E-state index in [2.05, 4.69) is 5.32 Å². The summed E-state index contributed by atoms with van der Waals surface area (Å²) in [4.78, 5) is 28.8. The molecule has 3 aromatic carbocycles. The number of sulfonamides is 1. The van der Waals surface area contributed by atoms with Crippen molar-refractivity contribution in [2.24, 2.45) is 0 Å². The molecule has 0 aliphatic carbocycles. The Morgan fingerprint density at radius 2 is 1.64 bits per heavy atom. The summed E-state index contributed by atoms with van der Waals surface area (Å²) in [6.45, 7) is 3.30. The van der Waals surface area contributed by atoms with Crippen molar-refractivity contribution < 1.29 is 31.2 Å². The number of benzene rings is 3. The average Bonchev–Trinajstić information content (AvgIpc) is 2.93. The van der Waals surface area contributed by atoms with E-state index in [1.807, 2.05) is 30.3 Å². The summed E-state index contributed by atoms with van der Waals surface area (Å²) >= 11 is 12.5. The van der Waals surface area contributed by atoms with Crippen LogP contribution in [-0.4, -0.2) is 50.0 Å². The molecule has 1 atom stereocenters. The van der Waals surface area contributed by atoms with Gasteiger partial charge in [0, 0.05) is 42.0 Å². The highest BCUT2D eigenvalue weighted by atomic mass is 35.5. The quantitative estimate of drug-likeness (QED) is 0.219. The molecule has 0 unspecified atom stereocenters. The van der Waals surface area contributed by atoms with Gasteiger partial charge < -0.3 is 10.2 Å². The number of halogens is 5. The number of amides is 2. The second-order valence-corrected chi connectivity index (χ2v) is 13.4. The van der Waals surface area contributed by atoms with Crippen molar-refractivity contribution in [2.45, 2.75) is 57.9 Å². The fraction of sp³-hybridized carbons (Fsp3) is 0.355. The van der Waals surface area contributed by atoms with Gasteiger partial charge in [0.2, 0.25) is 21.8 Å². The predicted molar refractivity (Wildman–Crippen MR) is 167 cm³/mol. The molecule has 2 amide bonds. The van der Waals surface area contributed by atoms with Crippen molar-refractivity contribution >= 4 is 50.7 Å². The van der Waals surface area contributed by atoms with Gasteiger partial charge in [-0.15, -0.1) is 0 Å². The van der Waals surface area contributed by atoms with Gasteiger partial charge in [-0.1, -0.05) is 65.7 Å². The summed E-state index contributed by atoms with van der Waals surface area (Å²) in [7, 11) is -3.99. The third-order valence-corrected chi connectivity index (χ3v) is 8.45. The minimum absolute atomic E-state index is 0.0309. The molecule has 3 aromatic rings. The number of carbonyl (C=O) groups is 2. The standard InChI is InChI=1S/C31H34Cl2F3N3O4S/c1-21(2)37-30(41)28(17-22-9-5-4-6-10-22)38(20-23-14-15-25(32)19-27(23)33)29(40)13-8-16-39(44(3,42)43)26-12-7-11-24(18-26)31(34,35)36/h4-7,9-12,14-15,18-19,21,28H,8,13,16-17,20H2,1-3H3,(H,37,41)/t28-/m0/s1. The van der Waals surface area contributed by atoms with Crippen LogP contribution >= 0.6 is 23.2 Å². The summed E-state index contributed by atoms with van der Waals surface area (Å²) in [5.41, 5.74) is 0.189. The zero-order chi connectivity index (χ0) is 32.7. The lowest BCUT2D eigenvalue weighted by Crippen LogP contribution is -2.51. The molecule has 0 saturated carbocycles. The molecule has 7 nitrogen and oxygen atoms in total. The topological polar surface area (TPSA) is 86.8 Å². The molecule has 44 heavy (non-hydrogen) atoms. The normalized spacial score (nSPS) is 12.6. The second kappa shape index (κ2) is 15.1. The smallest absolute Gasteiger partial charge is 0.352 e. The average molecular weight is 673 g/mol. The number of hydrogen-bond donors (Lipinski definition) is 1. The molecule has 0 aliphatic heterocycles. The predicted octanol–water partition coefficient (Wildman–Crippen LogP) is 6.72. The van der Waals surface area contributed by atoms with E-state index in [0.29, 0.717) is 15.6 Å². The molecule has 238 valence electrons. The van der Waals surface area contributed by atoms with Crippen LogP contribution in [-0.2, 0) is 38.8 Å². The Balaban J connectivity index is 1.92. The molecular weight excluding hydrogens is 638 g/mol. The molecule has 13 heteroatoms. The van der Waals surface area contributed by atoms with Crippen LogP contribution in [0.1, 0.15) is 43.4 Å². The number of hydrogen-bond acceptors (Lipinski definition) is 4. The SMILES string of the molecule is CC(C)NC(=O)[C@H](Cc1ccccc1)N(Cc1ccc(Cl)cc1Cl)C(=O)CCCN(c1cccc(C(F)(F)F)c1)S(C)(=O)=O. The van der Waals surface area contributed by atoms with Crippen LogP contribution in [0.3, 0.4) is 0 Å². The highest BCUT2D eigenvalue weighted by Gasteiger charge is 2.33. The molecule has 0 radical (unpaired) electrons. The number of nitrogens with zero attached hydrogens (tertiary/aromatic N) is 2. The van der Waals surface area contributed by atoms with Gasteiger partial charge in [0.25, 0.3) is 0 Å². The molecule has 0 bridgehead atoms. The zero-order valence-electron chi connectivity index (χ0n) is 24.4. The van der Waals surface area contributed by atoms with Gasteiger partial charge in [-0.3, -0.25) is 13.9 Å². The largest absolute Gasteiger partial charge is 0.416 e. The maximum atomic E-state index is 13.9. The molecule has 0 spiro atoms.